The zero-order valence-corrected chi connectivity index (χ0v) is 19.6. The number of nitrogens with zero attached hydrogens (tertiary/aromatic N) is 2. The standard InChI is InChI=1S/C27H28N2O3S/c1-20-9-11-21(12-10-20)16-25(30)28-13-14-32-27(19-28)24(22-6-3-2-4-7-22)18-29(26(27)31)17-23-8-5-15-33-23/h2-12,15,24H,13-14,16-19H2,1H3. The van der Waals surface area contributed by atoms with Crippen molar-refractivity contribution >= 4 is 23.2 Å². The van der Waals surface area contributed by atoms with Gasteiger partial charge in [-0.25, -0.2) is 0 Å². The zero-order chi connectivity index (χ0) is 22.8. The third-order valence-electron chi connectivity index (χ3n) is 6.72. The number of hydrogen-bond donors (Lipinski definition) is 0. The fourth-order valence-corrected chi connectivity index (χ4v) is 5.67. The Morgan fingerprint density at radius 1 is 1.09 bits per heavy atom. The molecular weight excluding hydrogens is 432 g/mol. The second-order valence-electron chi connectivity index (χ2n) is 8.94. The van der Waals surface area contributed by atoms with Crippen molar-refractivity contribution in [2.45, 2.75) is 31.4 Å². The monoisotopic (exact) mass is 460 g/mol. The van der Waals surface area contributed by atoms with Gasteiger partial charge in [-0.3, -0.25) is 9.59 Å². The molecule has 2 aromatic carbocycles. The van der Waals surface area contributed by atoms with Gasteiger partial charge in [0.1, 0.15) is 0 Å². The normalized spacial score (nSPS) is 22.8. The molecule has 2 amide bonds. The molecule has 170 valence electrons. The number of carbonyl (C=O) groups is 2. The lowest BCUT2D eigenvalue weighted by atomic mass is 9.83. The van der Waals surface area contributed by atoms with Crippen molar-refractivity contribution < 1.29 is 14.3 Å². The van der Waals surface area contributed by atoms with Crippen molar-refractivity contribution in [3.05, 3.63) is 93.7 Å². The van der Waals surface area contributed by atoms with Crippen LogP contribution in [-0.4, -0.2) is 53.5 Å². The third kappa shape index (κ3) is 4.33. The molecule has 3 aromatic rings. The number of likely N-dealkylation sites (tertiary alicyclic amines) is 1. The van der Waals surface area contributed by atoms with Crippen molar-refractivity contribution in [2.24, 2.45) is 0 Å². The summed E-state index contributed by atoms with van der Waals surface area (Å²) in [5, 5.41) is 2.03. The van der Waals surface area contributed by atoms with Gasteiger partial charge in [-0.2, -0.15) is 0 Å². The molecule has 2 saturated heterocycles. The van der Waals surface area contributed by atoms with Crippen LogP contribution in [0.2, 0.25) is 0 Å². The zero-order valence-electron chi connectivity index (χ0n) is 18.8. The minimum absolute atomic E-state index is 0.0161. The first-order chi connectivity index (χ1) is 16.0. The van der Waals surface area contributed by atoms with E-state index in [0.29, 0.717) is 32.7 Å². The van der Waals surface area contributed by atoms with Crippen LogP contribution < -0.4 is 0 Å². The molecule has 2 atom stereocenters. The lowest BCUT2D eigenvalue weighted by Crippen LogP contribution is -2.59. The van der Waals surface area contributed by atoms with Crippen LogP contribution in [0.15, 0.2) is 72.1 Å². The molecule has 5 nitrogen and oxygen atoms in total. The maximum Gasteiger partial charge on any atom is 0.257 e. The molecule has 0 aliphatic carbocycles. The lowest BCUT2D eigenvalue weighted by Gasteiger charge is -2.42. The molecule has 0 saturated carbocycles. The first-order valence-corrected chi connectivity index (χ1v) is 12.3. The fourth-order valence-electron chi connectivity index (χ4n) is 4.95. The fraction of sp³-hybridized carbons (Fsp3) is 0.333. The van der Waals surface area contributed by atoms with Crippen LogP contribution in [0.25, 0.3) is 0 Å². The van der Waals surface area contributed by atoms with Crippen molar-refractivity contribution in [2.75, 3.05) is 26.2 Å². The number of aryl methyl sites for hydroxylation is 1. The molecule has 1 spiro atoms. The van der Waals surface area contributed by atoms with Gasteiger partial charge in [0.05, 0.1) is 26.1 Å². The second kappa shape index (κ2) is 9.12. The Bertz CT molecular complexity index is 1110. The van der Waals surface area contributed by atoms with E-state index in [2.05, 4.69) is 18.2 Å². The molecule has 0 radical (unpaired) electrons. The summed E-state index contributed by atoms with van der Waals surface area (Å²) in [6.45, 7) is 4.35. The molecule has 2 aliphatic rings. The van der Waals surface area contributed by atoms with Crippen LogP contribution >= 0.6 is 11.3 Å². The summed E-state index contributed by atoms with van der Waals surface area (Å²) < 4.78 is 6.32. The minimum atomic E-state index is -1.04. The SMILES string of the molecule is Cc1ccc(CC(=O)N2CCOC3(C2)C(=O)N(Cc2cccs2)CC3c2ccccc2)cc1. The molecule has 6 heteroatoms. The quantitative estimate of drug-likeness (QED) is 0.578. The number of hydrogen-bond acceptors (Lipinski definition) is 4. The van der Waals surface area contributed by atoms with Gasteiger partial charge < -0.3 is 14.5 Å². The Labute approximate surface area is 198 Å². The van der Waals surface area contributed by atoms with E-state index in [0.717, 1.165) is 16.0 Å². The number of carbonyl (C=O) groups excluding carboxylic acids is 2. The molecule has 2 unspecified atom stereocenters. The van der Waals surface area contributed by atoms with Gasteiger partial charge in [-0.1, -0.05) is 66.2 Å². The third-order valence-corrected chi connectivity index (χ3v) is 7.58. The number of rotatable bonds is 5. The first-order valence-electron chi connectivity index (χ1n) is 11.4. The summed E-state index contributed by atoms with van der Waals surface area (Å²) in [6.07, 6.45) is 0.333. The van der Waals surface area contributed by atoms with Gasteiger partial charge in [0.25, 0.3) is 5.91 Å². The maximum atomic E-state index is 13.8. The molecular formula is C27H28N2O3S. The van der Waals surface area contributed by atoms with Crippen LogP contribution in [0.1, 0.15) is 27.5 Å². The summed E-state index contributed by atoms with van der Waals surface area (Å²) in [5.41, 5.74) is 2.19. The lowest BCUT2D eigenvalue weighted by molar-refractivity contribution is -0.167. The first kappa shape index (κ1) is 21.9. The average molecular weight is 461 g/mol. The number of thiophene rings is 1. The Balaban J connectivity index is 1.41. The highest BCUT2D eigenvalue weighted by atomic mass is 32.1. The summed E-state index contributed by atoms with van der Waals surface area (Å²) in [4.78, 5) is 31.9. The highest BCUT2D eigenvalue weighted by Crippen LogP contribution is 2.42. The Hall–Kier alpha value is -2.96. The Kier molecular flexibility index (Phi) is 6.04. The van der Waals surface area contributed by atoms with Crippen molar-refractivity contribution in [1.29, 1.82) is 0 Å². The summed E-state index contributed by atoms with van der Waals surface area (Å²) in [6, 6.07) is 22.2. The van der Waals surface area contributed by atoms with E-state index in [1.165, 1.54) is 5.56 Å². The Morgan fingerprint density at radius 2 is 1.88 bits per heavy atom. The van der Waals surface area contributed by atoms with Crippen molar-refractivity contribution in [3.63, 3.8) is 0 Å². The molecule has 0 N–H and O–H groups in total. The molecule has 33 heavy (non-hydrogen) atoms. The average Bonchev–Trinajstić information content (AvgIpc) is 3.44. The van der Waals surface area contributed by atoms with Crippen LogP contribution in [0.5, 0.6) is 0 Å². The number of benzene rings is 2. The number of ether oxygens (including phenoxy) is 1. The van der Waals surface area contributed by atoms with E-state index in [1.54, 1.807) is 11.3 Å². The van der Waals surface area contributed by atoms with E-state index in [-0.39, 0.29) is 24.3 Å². The van der Waals surface area contributed by atoms with E-state index < -0.39 is 5.60 Å². The topological polar surface area (TPSA) is 49.9 Å². The highest BCUT2D eigenvalue weighted by Gasteiger charge is 2.58. The summed E-state index contributed by atoms with van der Waals surface area (Å²) in [7, 11) is 0. The van der Waals surface area contributed by atoms with E-state index in [4.69, 9.17) is 4.74 Å². The van der Waals surface area contributed by atoms with Gasteiger partial charge >= 0.3 is 0 Å². The summed E-state index contributed by atoms with van der Waals surface area (Å²) >= 11 is 1.65. The number of morpholine rings is 1. The molecule has 2 aliphatic heterocycles. The predicted molar refractivity (Wildman–Crippen MR) is 129 cm³/mol. The molecule has 5 rings (SSSR count). The van der Waals surface area contributed by atoms with Gasteiger partial charge in [-0.05, 0) is 29.5 Å². The number of amides is 2. The largest absolute Gasteiger partial charge is 0.361 e. The van der Waals surface area contributed by atoms with Crippen LogP contribution in [0, 0.1) is 6.92 Å². The van der Waals surface area contributed by atoms with Gasteiger partial charge in [0.15, 0.2) is 5.60 Å². The Morgan fingerprint density at radius 3 is 2.61 bits per heavy atom. The van der Waals surface area contributed by atoms with Gasteiger partial charge in [0.2, 0.25) is 5.91 Å². The minimum Gasteiger partial charge on any atom is -0.361 e. The molecule has 2 fully saturated rings. The van der Waals surface area contributed by atoms with Crippen molar-refractivity contribution in [3.8, 4) is 0 Å². The van der Waals surface area contributed by atoms with Crippen LogP contribution in [-0.2, 0) is 27.3 Å². The highest BCUT2D eigenvalue weighted by molar-refractivity contribution is 7.09. The van der Waals surface area contributed by atoms with Crippen LogP contribution in [0.4, 0.5) is 0 Å². The second-order valence-corrected chi connectivity index (χ2v) is 9.98. The maximum absolute atomic E-state index is 13.8. The van der Waals surface area contributed by atoms with E-state index in [1.807, 2.05) is 70.6 Å². The van der Waals surface area contributed by atoms with Crippen molar-refractivity contribution in [1.82, 2.24) is 9.80 Å². The van der Waals surface area contributed by atoms with Gasteiger partial charge in [-0.15, -0.1) is 11.3 Å². The molecule has 3 heterocycles. The summed E-state index contributed by atoms with van der Waals surface area (Å²) in [5.74, 6) is -0.100. The van der Waals surface area contributed by atoms with E-state index >= 15 is 0 Å². The smallest absolute Gasteiger partial charge is 0.257 e. The van der Waals surface area contributed by atoms with Gasteiger partial charge in [0, 0.05) is 23.9 Å². The van der Waals surface area contributed by atoms with E-state index in [9.17, 15) is 9.59 Å². The van der Waals surface area contributed by atoms with Crippen LogP contribution in [0.3, 0.4) is 0 Å². The predicted octanol–water partition coefficient (Wildman–Crippen LogP) is 4.02. The molecule has 0 bridgehead atoms. The molecule has 1 aromatic heterocycles.